The van der Waals surface area contributed by atoms with Gasteiger partial charge in [-0.3, -0.25) is 0 Å². The summed E-state index contributed by atoms with van der Waals surface area (Å²) in [5.41, 5.74) is 0. The zero-order chi connectivity index (χ0) is 6.41. The van der Waals surface area contributed by atoms with Crippen molar-refractivity contribution in [3.05, 3.63) is 0 Å². The predicted molar refractivity (Wildman–Crippen MR) is 42.4 cm³/mol. The normalized spacial score (nSPS) is 8.75. The SMILES string of the molecule is CCCOC(=S)SC. The summed E-state index contributed by atoms with van der Waals surface area (Å²) >= 11 is 6.24. The van der Waals surface area contributed by atoms with Crippen LogP contribution in [0.3, 0.4) is 0 Å². The third-order valence-electron chi connectivity index (χ3n) is 0.591. The molecule has 0 aliphatic rings. The standard InChI is InChI=1S/C5H10OS2/c1-3-4-6-5(7)8-2/h3-4H2,1-2H3. The van der Waals surface area contributed by atoms with Gasteiger partial charge in [0.25, 0.3) is 0 Å². The molecule has 0 aliphatic carbocycles. The number of rotatable bonds is 2. The molecule has 3 heteroatoms. The molecule has 0 unspecified atom stereocenters. The molecule has 0 rings (SSSR count). The van der Waals surface area contributed by atoms with Gasteiger partial charge in [0.1, 0.15) is 0 Å². The molecule has 0 amide bonds. The Hall–Kier alpha value is 0.240. The van der Waals surface area contributed by atoms with Crippen molar-refractivity contribution in [3.63, 3.8) is 0 Å². The number of thiocarbonyl (C=S) groups is 1. The van der Waals surface area contributed by atoms with Crippen LogP contribution < -0.4 is 0 Å². The van der Waals surface area contributed by atoms with Crippen LogP contribution in [0.2, 0.25) is 0 Å². The molecule has 0 aromatic carbocycles. The molecule has 48 valence electrons. The molecule has 0 radical (unpaired) electrons. The summed E-state index contributed by atoms with van der Waals surface area (Å²) in [5.74, 6) is 0. The van der Waals surface area contributed by atoms with Crippen LogP contribution in [0.4, 0.5) is 0 Å². The van der Waals surface area contributed by atoms with Crippen LogP contribution in [-0.4, -0.2) is 17.2 Å². The van der Waals surface area contributed by atoms with Crippen LogP contribution in [-0.2, 0) is 4.74 Å². The van der Waals surface area contributed by atoms with Gasteiger partial charge in [0.05, 0.1) is 6.61 Å². The molecule has 0 fully saturated rings. The maximum absolute atomic E-state index is 5.03. The summed E-state index contributed by atoms with van der Waals surface area (Å²) in [6.45, 7) is 2.81. The van der Waals surface area contributed by atoms with Crippen molar-refractivity contribution in [1.29, 1.82) is 0 Å². The van der Waals surface area contributed by atoms with E-state index in [1.165, 1.54) is 11.8 Å². The van der Waals surface area contributed by atoms with Gasteiger partial charge < -0.3 is 4.74 Å². The largest absolute Gasteiger partial charge is 0.479 e. The van der Waals surface area contributed by atoms with E-state index in [2.05, 4.69) is 6.92 Å². The fraction of sp³-hybridized carbons (Fsp3) is 0.800. The van der Waals surface area contributed by atoms with Crippen molar-refractivity contribution in [3.8, 4) is 0 Å². The van der Waals surface area contributed by atoms with E-state index in [1.54, 1.807) is 0 Å². The van der Waals surface area contributed by atoms with E-state index in [1.807, 2.05) is 6.26 Å². The molecule has 0 heterocycles. The summed E-state index contributed by atoms with van der Waals surface area (Å²) in [6, 6.07) is 0. The minimum atomic E-state index is 0.645. The number of thioether (sulfide) groups is 1. The summed E-state index contributed by atoms with van der Waals surface area (Å²) in [6.07, 6.45) is 2.94. The van der Waals surface area contributed by atoms with Gasteiger partial charge in [-0.25, -0.2) is 0 Å². The second-order valence-electron chi connectivity index (χ2n) is 1.30. The lowest BCUT2D eigenvalue weighted by Crippen LogP contribution is -1.95. The van der Waals surface area contributed by atoms with Crippen molar-refractivity contribution < 1.29 is 4.74 Å². The Morgan fingerprint density at radius 2 is 2.38 bits per heavy atom. The van der Waals surface area contributed by atoms with Gasteiger partial charge in [-0.1, -0.05) is 18.7 Å². The lowest BCUT2D eigenvalue weighted by Gasteiger charge is -1.99. The van der Waals surface area contributed by atoms with Crippen molar-refractivity contribution in [2.75, 3.05) is 12.9 Å². The van der Waals surface area contributed by atoms with E-state index >= 15 is 0 Å². The third-order valence-corrected chi connectivity index (χ3v) is 1.66. The average molecular weight is 150 g/mol. The van der Waals surface area contributed by atoms with Gasteiger partial charge in [0.2, 0.25) is 4.38 Å². The summed E-state index contributed by atoms with van der Waals surface area (Å²) in [5, 5.41) is 0. The number of ether oxygens (including phenoxy) is 1. The quantitative estimate of drug-likeness (QED) is 0.558. The Bertz CT molecular complexity index is 72.8. The molecule has 0 bridgehead atoms. The summed E-state index contributed by atoms with van der Waals surface area (Å²) in [7, 11) is 0. The van der Waals surface area contributed by atoms with Crippen molar-refractivity contribution in [2.45, 2.75) is 13.3 Å². The van der Waals surface area contributed by atoms with Crippen molar-refractivity contribution >= 4 is 28.4 Å². The number of hydrogen-bond donors (Lipinski definition) is 0. The average Bonchev–Trinajstić information content (AvgIpc) is 1.83. The Kier molecular flexibility index (Phi) is 5.54. The molecule has 8 heavy (non-hydrogen) atoms. The summed E-state index contributed by atoms with van der Waals surface area (Å²) < 4.78 is 5.68. The van der Waals surface area contributed by atoms with Crippen molar-refractivity contribution in [2.24, 2.45) is 0 Å². The van der Waals surface area contributed by atoms with Gasteiger partial charge in [-0.05, 0) is 24.9 Å². The molecular weight excluding hydrogens is 140 g/mol. The first-order valence-corrected chi connectivity index (χ1v) is 4.15. The first-order chi connectivity index (χ1) is 3.81. The lowest BCUT2D eigenvalue weighted by atomic mass is 10.5. The van der Waals surface area contributed by atoms with E-state index in [0.717, 1.165) is 13.0 Å². The monoisotopic (exact) mass is 150 g/mol. The number of hydrogen-bond acceptors (Lipinski definition) is 3. The van der Waals surface area contributed by atoms with E-state index in [4.69, 9.17) is 17.0 Å². The minimum absolute atomic E-state index is 0.645. The molecule has 0 N–H and O–H groups in total. The molecule has 0 spiro atoms. The van der Waals surface area contributed by atoms with E-state index in [-0.39, 0.29) is 0 Å². The Morgan fingerprint density at radius 3 is 2.75 bits per heavy atom. The molecule has 0 aromatic heterocycles. The third kappa shape index (κ3) is 4.40. The first-order valence-electron chi connectivity index (χ1n) is 2.52. The van der Waals surface area contributed by atoms with Crippen LogP contribution in [0.25, 0.3) is 0 Å². The topological polar surface area (TPSA) is 9.23 Å². The Morgan fingerprint density at radius 1 is 1.75 bits per heavy atom. The maximum Gasteiger partial charge on any atom is 0.219 e. The zero-order valence-electron chi connectivity index (χ0n) is 5.14. The van der Waals surface area contributed by atoms with Crippen LogP contribution in [0.15, 0.2) is 0 Å². The molecule has 0 saturated carbocycles. The highest BCUT2D eigenvalue weighted by molar-refractivity contribution is 8.22. The smallest absolute Gasteiger partial charge is 0.219 e. The van der Waals surface area contributed by atoms with E-state index in [9.17, 15) is 0 Å². The molecular formula is C5H10OS2. The summed E-state index contributed by atoms with van der Waals surface area (Å²) in [4.78, 5) is 0. The Balaban J connectivity index is 2.99. The van der Waals surface area contributed by atoms with Gasteiger partial charge in [-0.2, -0.15) is 0 Å². The molecule has 0 saturated heterocycles. The molecule has 1 nitrogen and oxygen atoms in total. The van der Waals surface area contributed by atoms with E-state index < -0.39 is 0 Å². The maximum atomic E-state index is 5.03. The van der Waals surface area contributed by atoms with Crippen LogP contribution in [0.5, 0.6) is 0 Å². The molecule has 0 atom stereocenters. The highest BCUT2D eigenvalue weighted by atomic mass is 32.2. The van der Waals surface area contributed by atoms with Gasteiger partial charge in [0, 0.05) is 0 Å². The van der Waals surface area contributed by atoms with Crippen LogP contribution >= 0.6 is 24.0 Å². The second kappa shape index (κ2) is 5.38. The van der Waals surface area contributed by atoms with Gasteiger partial charge in [0.15, 0.2) is 0 Å². The van der Waals surface area contributed by atoms with Crippen LogP contribution in [0.1, 0.15) is 13.3 Å². The minimum Gasteiger partial charge on any atom is -0.479 e. The predicted octanol–water partition coefficient (Wildman–Crippen LogP) is 2.06. The Labute approximate surface area is 59.8 Å². The van der Waals surface area contributed by atoms with Gasteiger partial charge >= 0.3 is 0 Å². The zero-order valence-corrected chi connectivity index (χ0v) is 6.77. The highest BCUT2D eigenvalue weighted by Gasteiger charge is 1.88. The molecule has 0 aromatic rings. The van der Waals surface area contributed by atoms with Gasteiger partial charge in [-0.15, -0.1) is 0 Å². The first kappa shape index (κ1) is 8.24. The second-order valence-corrected chi connectivity index (χ2v) is 2.71. The van der Waals surface area contributed by atoms with Crippen molar-refractivity contribution in [1.82, 2.24) is 0 Å². The fourth-order valence-electron chi connectivity index (χ4n) is 0.244. The van der Waals surface area contributed by atoms with Crippen LogP contribution in [0, 0.1) is 0 Å². The highest BCUT2D eigenvalue weighted by Crippen LogP contribution is 1.99. The van der Waals surface area contributed by atoms with E-state index in [0.29, 0.717) is 4.38 Å². The molecule has 0 aliphatic heterocycles. The lowest BCUT2D eigenvalue weighted by molar-refractivity contribution is 0.322. The fourth-order valence-corrected chi connectivity index (χ4v) is 0.529.